The minimum absolute atomic E-state index is 0.0231. The number of hydrogen-bond acceptors (Lipinski definition) is 19. The molecule has 7 aromatic rings. The van der Waals surface area contributed by atoms with Gasteiger partial charge in [-0.1, -0.05) is 0 Å². The number of carboxylic acids is 2. The van der Waals surface area contributed by atoms with E-state index in [4.69, 9.17) is 48.5 Å². The van der Waals surface area contributed by atoms with Crippen LogP contribution in [0.25, 0.3) is 0 Å². The second-order valence-corrected chi connectivity index (χ2v) is 11.8. The maximum absolute atomic E-state index is 10.4. The molecule has 0 unspecified atom stereocenters. The van der Waals surface area contributed by atoms with Crippen molar-refractivity contribution < 1.29 is 76.7 Å². The van der Waals surface area contributed by atoms with Crippen molar-refractivity contribution in [2.45, 2.75) is 0 Å². The average Bonchev–Trinajstić information content (AvgIpc) is 4.11. The molecular weight excluding hydrogens is 922 g/mol. The van der Waals surface area contributed by atoms with Crippen molar-refractivity contribution in [2.24, 2.45) is 0 Å². The molecule has 7 heterocycles. The molecular formula is C43H48BrN5O16. The highest BCUT2D eigenvalue weighted by molar-refractivity contribution is 9.10. The molecule has 7 rings (SSSR count). The van der Waals surface area contributed by atoms with Gasteiger partial charge in [0.15, 0.2) is 54.8 Å². The normalized spacial score (nSPS) is 9.20. The van der Waals surface area contributed by atoms with Gasteiger partial charge < -0.3 is 67.2 Å². The number of halogens is 1. The first-order chi connectivity index (χ1) is 31.5. The van der Waals surface area contributed by atoms with E-state index in [0.29, 0.717) is 17.2 Å². The summed E-state index contributed by atoms with van der Waals surface area (Å²) in [5.74, 6) is 0.173. The Morgan fingerprint density at radius 3 is 1.58 bits per heavy atom. The second kappa shape index (κ2) is 35.8. The molecule has 0 radical (unpaired) electrons. The van der Waals surface area contributed by atoms with Gasteiger partial charge in [-0.15, -0.1) is 0 Å². The zero-order chi connectivity index (χ0) is 47.9. The van der Waals surface area contributed by atoms with E-state index < -0.39 is 23.4 Å². The van der Waals surface area contributed by atoms with Crippen LogP contribution in [0.3, 0.4) is 0 Å². The second-order valence-electron chi connectivity index (χ2n) is 11.0. The Kier molecular flexibility index (Phi) is 30.4. The lowest BCUT2D eigenvalue weighted by atomic mass is 10.3. The maximum atomic E-state index is 10.4. The fourth-order valence-corrected chi connectivity index (χ4v) is 3.99. The molecule has 21 nitrogen and oxygen atoms in total. The number of nitrogens with zero attached hydrogens (tertiary/aromatic N) is 5. The maximum Gasteiger partial charge on any atom is 0.371 e. The third kappa shape index (κ3) is 25.7. The van der Waals surface area contributed by atoms with Crippen molar-refractivity contribution in [1.29, 1.82) is 0 Å². The molecule has 0 aliphatic carbocycles. The monoisotopic (exact) mass is 969 g/mol. The third-order valence-electron chi connectivity index (χ3n) is 6.46. The number of furan rings is 2. The van der Waals surface area contributed by atoms with Crippen molar-refractivity contribution in [3.05, 3.63) is 157 Å². The largest absolute Gasteiger partial charge is 0.506 e. The van der Waals surface area contributed by atoms with Gasteiger partial charge in [0.05, 0.1) is 62.3 Å². The minimum Gasteiger partial charge on any atom is -0.506 e. The highest BCUT2D eigenvalue weighted by Gasteiger charge is 2.14. The SMILES string of the molecule is COCOc1cccnc1.COCOc1cnccc1Br.COCOc1cnccc1OC.COc1ccnc(C(=O)O)c1O.O=C(O)c1ccco1.Oc1cccnc1.c1ccoc1. The molecule has 0 aliphatic rings. The number of hydrogen-bond donors (Lipinski definition) is 4. The summed E-state index contributed by atoms with van der Waals surface area (Å²) in [6.07, 6.45) is 18.7. The molecule has 22 heteroatoms. The lowest BCUT2D eigenvalue weighted by Crippen LogP contribution is -2.01. The van der Waals surface area contributed by atoms with E-state index in [1.54, 1.807) is 103 Å². The van der Waals surface area contributed by atoms with E-state index in [-0.39, 0.29) is 37.6 Å². The van der Waals surface area contributed by atoms with E-state index in [2.05, 4.69) is 54.4 Å². The Bertz CT molecular complexity index is 2210. The Morgan fingerprint density at radius 1 is 0.569 bits per heavy atom. The van der Waals surface area contributed by atoms with Gasteiger partial charge >= 0.3 is 11.9 Å². The summed E-state index contributed by atoms with van der Waals surface area (Å²) in [5, 5.41) is 34.4. The first kappa shape index (κ1) is 55.2. The summed E-state index contributed by atoms with van der Waals surface area (Å²) in [7, 11) is 7.62. The molecule has 0 fully saturated rings. The Morgan fingerprint density at radius 2 is 1.14 bits per heavy atom. The minimum atomic E-state index is -1.29. The number of carboxylic acid groups (broad SMARTS) is 2. The van der Waals surface area contributed by atoms with Crippen LogP contribution in [0.4, 0.5) is 0 Å². The highest BCUT2D eigenvalue weighted by atomic mass is 79.9. The van der Waals surface area contributed by atoms with Gasteiger partial charge in [0, 0.05) is 64.4 Å². The van der Waals surface area contributed by atoms with E-state index in [1.807, 2.05) is 30.3 Å². The summed E-state index contributed by atoms with van der Waals surface area (Å²) in [5.41, 5.74) is -0.408. The van der Waals surface area contributed by atoms with Gasteiger partial charge in [-0.3, -0.25) is 19.9 Å². The quantitative estimate of drug-likeness (QED) is 0.0814. The van der Waals surface area contributed by atoms with Crippen LogP contribution in [-0.4, -0.2) is 113 Å². The number of aromatic carboxylic acids is 2. The lowest BCUT2D eigenvalue weighted by molar-refractivity contribution is 0.0488. The molecule has 0 aliphatic heterocycles. The molecule has 65 heavy (non-hydrogen) atoms. The Balaban J connectivity index is 0.000000384. The number of rotatable bonds is 13. The molecule has 7 aromatic heterocycles. The third-order valence-corrected chi connectivity index (χ3v) is 7.11. The average molecular weight is 971 g/mol. The molecule has 0 aromatic carbocycles. The Hall–Kier alpha value is -7.79. The zero-order valence-corrected chi connectivity index (χ0v) is 37.3. The molecule has 0 bridgehead atoms. The number of aromatic hydroxyl groups is 2. The summed E-state index contributed by atoms with van der Waals surface area (Å²) < 4.78 is 49.2. The van der Waals surface area contributed by atoms with Gasteiger partial charge in [0.1, 0.15) is 11.5 Å². The van der Waals surface area contributed by atoms with Crippen molar-refractivity contribution >= 4 is 27.9 Å². The van der Waals surface area contributed by atoms with Crippen molar-refractivity contribution in [2.75, 3.05) is 55.9 Å². The fraction of sp³-hybridized carbons (Fsp3) is 0.186. The van der Waals surface area contributed by atoms with E-state index in [1.165, 1.54) is 44.0 Å². The van der Waals surface area contributed by atoms with Crippen LogP contribution < -0.4 is 23.7 Å². The van der Waals surface area contributed by atoms with Gasteiger partial charge in [0.2, 0.25) is 5.76 Å². The number of methoxy groups -OCH3 is 5. The Labute approximate surface area is 381 Å². The van der Waals surface area contributed by atoms with Crippen molar-refractivity contribution in [3.63, 3.8) is 0 Å². The van der Waals surface area contributed by atoms with Crippen LogP contribution >= 0.6 is 15.9 Å². The topological polar surface area (TPSA) is 280 Å². The van der Waals surface area contributed by atoms with Crippen molar-refractivity contribution in [3.8, 4) is 40.2 Å². The standard InChI is InChI=1S/C8H11NO3.C7H8BrNO2.C7H7NO4.C7H9NO2.C5H5NO.C5H4O3.C4H4O/c1-10-6-12-8-5-9-4-3-7(8)11-2;1-10-5-11-7-4-9-3-2-6(7)8;1-12-4-2-3-8-5(6(4)9)7(10)11;1-9-6-10-7-3-2-4-8-5-7;7-5-2-1-3-6-4-5;6-5(7)4-2-1-3-8-4;1-2-4-5-3-1/h3-5H,6H2,1-2H3;2-4H,5H2,1H3;2-3,9H,1H3,(H,10,11);2-5H,6H2,1H3;1-4,7H;1-3H,(H,6,7);1-4H. The van der Waals surface area contributed by atoms with Crippen LogP contribution in [-0.2, 0) is 14.2 Å². The number of ether oxygens (including phenoxy) is 8. The first-order valence-corrected chi connectivity index (χ1v) is 18.9. The molecule has 4 N–H and O–H groups in total. The van der Waals surface area contributed by atoms with Gasteiger partial charge in [-0.2, -0.15) is 0 Å². The van der Waals surface area contributed by atoms with Crippen molar-refractivity contribution in [1.82, 2.24) is 24.9 Å². The van der Waals surface area contributed by atoms with E-state index in [0.717, 1.165) is 10.2 Å². The summed E-state index contributed by atoms with van der Waals surface area (Å²) in [6.45, 7) is 0.706. The summed E-state index contributed by atoms with van der Waals surface area (Å²) >= 11 is 3.31. The molecule has 0 amide bonds. The lowest BCUT2D eigenvalue weighted by Gasteiger charge is -2.07. The van der Waals surface area contributed by atoms with Crippen LogP contribution in [0.2, 0.25) is 0 Å². The van der Waals surface area contributed by atoms with Gasteiger partial charge in [0.25, 0.3) is 0 Å². The number of carbonyl (C=O) groups is 2. The van der Waals surface area contributed by atoms with Gasteiger partial charge in [-0.05, 0) is 70.5 Å². The molecule has 348 valence electrons. The van der Waals surface area contributed by atoms with Crippen LogP contribution in [0.15, 0.2) is 155 Å². The van der Waals surface area contributed by atoms with E-state index in [9.17, 15) is 14.7 Å². The van der Waals surface area contributed by atoms with Crippen LogP contribution in [0, 0.1) is 0 Å². The molecule has 0 saturated heterocycles. The highest BCUT2D eigenvalue weighted by Crippen LogP contribution is 2.27. The smallest absolute Gasteiger partial charge is 0.371 e. The zero-order valence-electron chi connectivity index (χ0n) is 35.7. The predicted molar refractivity (Wildman–Crippen MR) is 234 cm³/mol. The van der Waals surface area contributed by atoms with Gasteiger partial charge in [-0.25, -0.2) is 14.6 Å². The number of aromatic nitrogens is 5. The fourth-order valence-electron chi connectivity index (χ4n) is 3.66. The molecule has 0 atom stereocenters. The summed E-state index contributed by atoms with van der Waals surface area (Å²) in [6, 6.07) is 18.4. The summed E-state index contributed by atoms with van der Waals surface area (Å²) in [4.78, 5) is 39.1. The molecule has 0 saturated carbocycles. The van der Waals surface area contributed by atoms with Crippen LogP contribution in [0.1, 0.15) is 21.0 Å². The molecule has 0 spiro atoms. The first-order valence-electron chi connectivity index (χ1n) is 18.1. The number of pyridine rings is 5. The van der Waals surface area contributed by atoms with E-state index >= 15 is 0 Å². The predicted octanol–water partition coefficient (Wildman–Crippen LogP) is 7.50. The van der Waals surface area contributed by atoms with Crippen LogP contribution in [0.5, 0.6) is 40.2 Å².